The molecule has 0 aliphatic rings. The number of carbonyl (C=O) groups excluding carboxylic acids is 1. The molecule has 0 spiro atoms. The predicted molar refractivity (Wildman–Crippen MR) is 149 cm³/mol. The summed E-state index contributed by atoms with van der Waals surface area (Å²) in [6.07, 6.45) is 3.74. The van der Waals surface area contributed by atoms with Crippen LogP contribution in [0.4, 0.5) is 0 Å². The molecule has 0 saturated heterocycles. The number of carbonyl (C=O) groups is 1. The summed E-state index contributed by atoms with van der Waals surface area (Å²) < 4.78 is 23.7. The van der Waals surface area contributed by atoms with Crippen molar-refractivity contribution in [3.05, 3.63) is 86.0 Å². The van der Waals surface area contributed by atoms with Crippen molar-refractivity contribution in [2.24, 2.45) is 5.92 Å². The number of allylic oxidation sites excluding steroid dienone is 1. The van der Waals surface area contributed by atoms with Gasteiger partial charge in [0.1, 0.15) is 12.6 Å². The number of benzene rings is 2. The zero-order chi connectivity index (χ0) is 26.4. The molecular weight excluding hydrogens is 468 g/mol. The van der Waals surface area contributed by atoms with E-state index in [-0.39, 0.29) is 30.6 Å². The number of methoxy groups -OCH3 is 1. The van der Waals surface area contributed by atoms with Crippen molar-refractivity contribution in [3.63, 3.8) is 0 Å². The van der Waals surface area contributed by atoms with Crippen molar-refractivity contribution in [3.8, 4) is 0 Å². The second-order valence-corrected chi connectivity index (χ2v) is 14.1. The molecule has 36 heavy (non-hydrogen) atoms. The van der Waals surface area contributed by atoms with Crippen LogP contribution in [-0.2, 0) is 23.4 Å². The fraction of sp³-hybridized carbons (Fsp3) is 0.433. The molecule has 0 N–H and O–H groups in total. The molecule has 0 heterocycles. The maximum absolute atomic E-state index is 13.3. The fourth-order valence-electron chi connectivity index (χ4n) is 4.53. The van der Waals surface area contributed by atoms with Crippen LogP contribution in [0.25, 0.3) is 0 Å². The summed E-state index contributed by atoms with van der Waals surface area (Å²) in [4.78, 5) is 13.3. The van der Waals surface area contributed by atoms with Crippen LogP contribution in [0.2, 0.25) is 5.04 Å². The summed E-state index contributed by atoms with van der Waals surface area (Å²) in [5, 5.41) is 2.14. The van der Waals surface area contributed by atoms with E-state index in [0.29, 0.717) is 19.6 Å². The molecule has 0 aliphatic heterocycles. The average molecular weight is 511 g/mol. The van der Waals surface area contributed by atoms with Gasteiger partial charge in [0.2, 0.25) is 0 Å². The van der Waals surface area contributed by atoms with E-state index in [1.165, 1.54) is 10.4 Å². The third-order valence-electron chi connectivity index (χ3n) is 6.30. The molecule has 0 amide bonds. The molecule has 0 fully saturated rings. The Labute approximate surface area is 218 Å². The quantitative estimate of drug-likeness (QED) is 0.131. The van der Waals surface area contributed by atoms with Gasteiger partial charge in [0, 0.05) is 20.1 Å². The molecule has 0 saturated carbocycles. The van der Waals surface area contributed by atoms with Crippen LogP contribution in [0.1, 0.15) is 33.6 Å². The first-order valence-corrected chi connectivity index (χ1v) is 14.4. The van der Waals surface area contributed by atoms with Gasteiger partial charge < -0.3 is 18.6 Å². The van der Waals surface area contributed by atoms with Gasteiger partial charge in [0.25, 0.3) is 8.32 Å². The van der Waals surface area contributed by atoms with Crippen LogP contribution < -0.4 is 10.4 Å². The average Bonchev–Trinajstić information content (AvgIpc) is 2.86. The first kappa shape index (κ1) is 29.9. The third-order valence-corrected chi connectivity index (χ3v) is 11.3. The lowest BCUT2D eigenvalue weighted by Gasteiger charge is -2.44. The number of ketones is 1. The highest BCUT2D eigenvalue weighted by Gasteiger charge is 2.50. The summed E-state index contributed by atoms with van der Waals surface area (Å²) in [7, 11) is -1.18. The van der Waals surface area contributed by atoms with Crippen molar-refractivity contribution in [1.82, 2.24) is 0 Å². The van der Waals surface area contributed by atoms with Gasteiger partial charge in [-0.25, -0.2) is 0 Å². The van der Waals surface area contributed by atoms with Gasteiger partial charge in [-0.1, -0.05) is 93.6 Å². The van der Waals surface area contributed by atoms with Crippen LogP contribution in [-0.4, -0.2) is 53.9 Å². The zero-order valence-corrected chi connectivity index (χ0v) is 23.3. The Hall–Kier alpha value is -2.35. The van der Waals surface area contributed by atoms with Crippen LogP contribution in [0.3, 0.4) is 0 Å². The van der Waals surface area contributed by atoms with Gasteiger partial charge in [-0.3, -0.25) is 4.79 Å². The third kappa shape index (κ3) is 7.82. The summed E-state index contributed by atoms with van der Waals surface area (Å²) >= 11 is 0. The number of hydrogen-bond donors (Lipinski definition) is 0. The highest BCUT2D eigenvalue weighted by Crippen LogP contribution is 2.37. The number of Topliss-reactive ketones (excluding diaryl/α,β-unsaturated/α-hetero) is 1. The van der Waals surface area contributed by atoms with Crippen molar-refractivity contribution < 1.29 is 23.4 Å². The van der Waals surface area contributed by atoms with Gasteiger partial charge in [0.05, 0.1) is 25.2 Å². The molecule has 0 aliphatic carbocycles. The summed E-state index contributed by atoms with van der Waals surface area (Å²) in [5.41, 5.74) is 0. The maximum atomic E-state index is 13.3. The normalized spacial score (nSPS) is 13.7. The van der Waals surface area contributed by atoms with E-state index >= 15 is 0 Å². The van der Waals surface area contributed by atoms with E-state index in [4.69, 9.17) is 18.6 Å². The topological polar surface area (TPSA) is 54.0 Å². The van der Waals surface area contributed by atoms with Crippen LogP contribution in [0.15, 0.2) is 86.0 Å². The Morgan fingerprint density at radius 1 is 0.944 bits per heavy atom. The molecule has 0 bridgehead atoms. The molecule has 2 atom stereocenters. The Morgan fingerprint density at radius 2 is 1.53 bits per heavy atom. The van der Waals surface area contributed by atoms with E-state index in [1.54, 1.807) is 19.3 Å². The smallest absolute Gasteiger partial charge is 0.261 e. The van der Waals surface area contributed by atoms with E-state index in [1.807, 2.05) is 12.1 Å². The summed E-state index contributed by atoms with van der Waals surface area (Å²) in [5.74, 6) is -0.458. The highest BCUT2D eigenvalue weighted by molar-refractivity contribution is 6.99. The fourth-order valence-corrected chi connectivity index (χ4v) is 9.11. The lowest BCUT2D eigenvalue weighted by molar-refractivity contribution is -0.140. The van der Waals surface area contributed by atoms with Gasteiger partial charge in [0.15, 0.2) is 0 Å². The van der Waals surface area contributed by atoms with Crippen LogP contribution in [0.5, 0.6) is 0 Å². The lowest BCUT2D eigenvalue weighted by atomic mass is 9.94. The summed E-state index contributed by atoms with van der Waals surface area (Å²) in [6.45, 7) is 15.5. The summed E-state index contributed by atoms with van der Waals surface area (Å²) in [6, 6.07) is 20.8. The molecule has 0 aromatic heterocycles. The first-order chi connectivity index (χ1) is 17.3. The molecule has 0 unspecified atom stereocenters. The van der Waals surface area contributed by atoms with Crippen molar-refractivity contribution in [2.75, 3.05) is 33.7 Å². The molecule has 0 radical (unpaired) electrons. The maximum Gasteiger partial charge on any atom is 0.261 e. The number of hydrogen-bond acceptors (Lipinski definition) is 5. The lowest BCUT2D eigenvalue weighted by Crippen LogP contribution is -2.67. The van der Waals surface area contributed by atoms with Gasteiger partial charge in [-0.05, 0) is 21.8 Å². The van der Waals surface area contributed by atoms with Gasteiger partial charge in [-0.2, -0.15) is 0 Å². The molecule has 5 nitrogen and oxygen atoms in total. The second-order valence-electron chi connectivity index (χ2n) is 9.79. The standard InChI is InChI=1S/C30H42O5Si/c1-7-15-28(31)27(29(16-8-2)34-24-33-22-21-32-6)23-35-36(30(3,4)5,25-17-11-9-12-18-25)26-19-13-10-14-20-26/h7-14,17-20,27,29H,1-2,15-16,21-24H2,3-6H3/t27-,29-/m1/s1. The van der Waals surface area contributed by atoms with Crippen LogP contribution in [0, 0.1) is 5.92 Å². The Kier molecular flexibility index (Phi) is 12.5. The second kappa shape index (κ2) is 15.0. The minimum atomic E-state index is -2.81. The van der Waals surface area contributed by atoms with Crippen molar-refractivity contribution in [1.29, 1.82) is 0 Å². The van der Waals surface area contributed by atoms with E-state index < -0.39 is 20.3 Å². The number of ether oxygens (including phenoxy) is 3. The molecule has 6 heteroatoms. The van der Waals surface area contributed by atoms with Crippen molar-refractivity contribution in [2.45, 2.75) is 44.8 Å². The monoisotopic (exact) mass is 510 g/mol. The highest BCUT2D eigenvalue weighted by atomic mass is 28.4. The van der Waals surface area contributed by atoms with Gasteiger partial charge >= 0.3 is 0 Å². The van der Waals surface area contributed by atoms with E-state index in [9.17, 15) is 4.79 Å². The molecular formula is C30H42O5Si. The Bertz CT molecular complexity index is 884. The largest absolute Gasteiger partial charge is 0.407 e. The minimum Gasteiger partial charge on any atom is -0.407 e. The minimum absolute atomic E-state index is 0.0340. The first-order valence-electron chi connectivity index (χ1n) is 12.5. The van der Waals surface area contributed by atoms with Crippen LogP contribution >= 0.6 is 0 Å². The zero-order valence-electron chi connectivity index (χ0n) is 22.3. The van der Waals surface area contributed by atoms with E-state index in [0.717, 1.165) is 0 Å². The molecule has 196 valence electrons. The Balaban J connectivity index is 2.45. The molecule has 2 rings (SSSR count). The SMILES string of the molecule is C=CCC(=O)[C@@H](CO[Si](c1ccccc1)(c1ccccc1)C(C)(C)C)[C@@H](CC=C)OCOCCOC. The van der Waals surface area contributed by atoms with E-state index in [2.05, 4.69) is 82.5 Å². The molecule has 2 aromatic carbocycles. The predicted octanol–water partition coefficient (Wildman–Crippen LogP) is 4.91. The van der Waals surface area contributed by atoms with Crippen molar-refractivity contribution >= 4 is 24.5 Å². The molecule has 2 aromatic rings. The van der Waals surface area contributed by atoms with Gasteiger partial charge in [-0.15, -0.1) is 13.2 Å². The number of rotatable bonds is 17. The Morgan fingerprint density at radius 3 is 2.00 bits per heavy atom.